The van der Waals surface area contributed by atoms with E-state index in [9.17, 15) is 10.1 Å². The molecule has 0 aliphatic rings. The van der Waals surface area contributed by atoms with E-state index in [1.54, 1.807) is 24.8 Å². The Hall–Kier alpha value is -1.66. The maximum absolute atomic E-state index is 10.8. The Balaban J connectivity index is 2.09. The zero-order chi connectivity index (χ0) is 15.4. The molecule has 2 rings (SSSR count). The van der Waals surface area contributed by atoms with Gasteiger partial charge in [0.25, 0.3) is 5.69 Å². The van der Waals surface area contributed by atoms with Crippen molar-refractivity contribution in [3.63, 3.8) is 0 Å². The normalized spacial score (nSPS) is 10.6. The highest BCUT2D eigenvalue weighted by atomic mass is 35.5. The molecular weight excluding hydrogens is 312 g/mol. The number of nitrogens with zero attached hydrogens (tertiary/aromatic N) is 1. The molecule has 112 valence electrons. The highest BCUT2D eigenvalue weighted by molar-refractivity contribution is 7.97. The van der Waals surface area contributed by atoms with Gasteiger partial charge in [0.15, 0.2) is 0 Å². The van der Waals surface area contributed by atoms with Crippen LogP contribution in [0.1, 0.15) is 17.1 Å². The van der Waals surface area contributed by atoms with E-state index >= 15 is 0 Å². The van der Waals surface area contributed by atoms with Crippen molar-refractivity contribution in [3.8, 4) is 0 Å². The van der Waals surface area contributed by atoms with Crippen LogP contribution in [0.5, 0.6) is 0 Å². The number of hydrogen-bond donors (Lipinski definition) is 1. The molecule has 5 nitrogen and oxygen atoms in total. The predicted octanol–water partition coefficient (Wildman–Crippen LogP) is 4.62. The smallest absolute Gasteiger partial charge is 0.288 e. The van der Waals surface area contributed by atoms with E-state index in [1.807, 2.05) is 18.4 Å². The van der Waals surface area contributed by atoms with Gasteiger partial charge >= 0.3 is 0 Å². The fourth-order valence-corrected chi connectivity index (χ4v) is 2.59. The average molecular weight is 327 g/mol. The summed E-state index contributed by atoms with van der Waals surface area (Å²) in [5.41, 5.74) is 1.44. The van der Waals surface area contributed by atoms with Crippen LogP contribution in [0.25, 0.3) is 0 Å². The van der Waals surface area contributed by atoms with E-state index < -0.39 is 4.92 Å². The van der Waals surface area contributed by atoms with Crippen LogP contribution in [0.3, 0.4) is 0 Å². The lowest BCUT2D eigenvalue weighted by atomic mass is 10.1. The van der Waals surface area contributed by atoms with Crippen molar-refractivity contribution in [1.29, 1.82) is 0 Å². The van der Waals surface area contributed by atoms with Crippen LogP contribution in [0.4, 0.5) is 11.4 Å². The van der Waals surface area contributed by atoms with Crippen molar-refractivity contribution in [1.82, 2.24) is 0 Å². The SMILES string of the molecule is CSCc1ccc(CNc2cc(Cl)c([N+](=O)[O-])cc2C)o1. The topological polar surface area (TPSA) is 68.3 Å². The van der Waals surface area contributed by atoms with Gasteiger partial charge in [0.2, 0.25) is 0 Å². The van der Waals surface area contributed by atoms with Crippen LogP contribution in [0.15, 0.2) is 28.7 Å². The molecule has 1 aromatic carbocycles. The molecule has 2 aromatic rings. The Morgan fingerprint density at radius 1 is 1.38 bits per heavy atom. The third kappa shape index (κ3) is 3.92. The van der Waals surface area contributed by atoms with E-state index in [1.165, 1.54) is 6.07 Å². The number of furan rings is 1. The van der Waals surface area contributed by atoms with Crippen LogP contribution in [0, 0.1) is 17.0 Å². The number of hydrogen-bond acceptors (Lipinski definition) is 5. The van der Waals surface area contributed by atoms with Crippen LogP contribution >= 0.6 is 23.4 Å². The van der Waals surface area contributed by atoms with Crippen LogP contribution in [-0.2, 0) is 12.3 Å². The molecule has 0 atom stereocenters. The Morgan fingerprint density at radius 2 is 2.10 bits per heavy atom. The third-order valence-corrected chi connectivity index (χ3v) is 3.82. The molecular formula is C14H15ClN2O3S. The lowest BCUT2D eigenvalue weighted by molar-refractivity contribution is -0.384. The molecule has 1 aromatic heterocycles. The fourth-order valence-electron chi connectivity index (χ4n) is 1.92. The van der Waals surface area contributed by atoms with Gasteiger partial charge in [-0.2, -0.15) is 11.8 Å². The van der Waals surface area contributed by atoms with Gasteiger partial charge in [-0.3, -0.25) is 10.1 Å². The lowest BCUT2D eigenvalue weighted by Gasteiger charge is -2.09. The fraction of sp³-hybridized carbons (Fsp3) is 0.286. The number of nitrogens with one attached hydrogen (secondary N) is 1. The van der Waals surface area contributed by atoms with Crippen LogP contribution < -0.4 is 5.32 Å². The Bertz CT molecular complexity index is 658. The first-order valence-corrected chi connectivity index (χ1v) is 8.03. The first-order valence-electron chi connectivity index (χ1n) is 6.26. The molecule has 1 N–H and O–H groups in total. The highest BCUT2D eigenvalue weighted by Crippen LogP contribution is 2.30. The summed E-state index contributed by atoms with van der Waals surface area (Å²) in [5, 5.41) is 14.1. The number of rotatable bonds is 6. The molecule has 7 heteroatoms. The minimum atomic E-state index is -0.486. The summed E-state index contributed by atoms with van der Waals surface area (Å²) in [6.45, 7) is 2.30. The second kappa shape index (κ2) is 6.87. The first kappa shape index (κ1) is 15.7. The molecule has 21 heavy (non-hydrogen) atoms. The summed E-state index contributed by atoms with van der Waals surface area (Å²) in [4.78, 5) is 10.3. The van der Waals surface area contributed by atoms with Crippen molar-refractivity contribution in [3.05, 3.63) is 56.5 Å². The van der Waals surface area contributed by atoms with E-state index in [4.69, 9.17) is 16.0 Å². The second-order valence-electron chi connectivity index (χ2n) is 4.53. The van der Waals surface area contributed by atoms with E-state index in [0.717, 1.165) is 28.5 Å². The summed E-state index contributed by atoms with van der Waals surface area (Å²) in [5.74, 6) is 2.58. The molecule has 0 aliphatic carbocycles. The third-order valence-electron chi connectivity index (χ3n) is 2.95. The quantitative estimate of drug-likeness (QED) is 0.619. The first-order chi connectivity index (χ1) is 10.0. The van der Waals surface area contributed by atoms with Gasteiger partial charge in [0.05, 0.1) is 17.2 Å². The number of nitro benzene ring substituents is 1. The van der Waals surface area contributed by atoms with Crippen molar-refractivity contribution < 1.29 is 9.34 Å². The van der Waals surface area contributed by atoms with Gasteiger partial charge < -0.3 is 9.73 Å². The maximum Gasteiger partial charge on any atom is 0.288 e. The molecule has 0 aliphatic heterocycles. The van der Waals surface area contributed by atoms with Gasteiger partial charge in [-0.25, -0.2) is 0 Å². The molecule has 0 spiro atoms. The van der Waals surface area contributed by atoms with E-state index in [2.05, 4.69) is 5.32 Å². The Kier molecular flexibility index (Phi) is 5.14. The predicted molar refractivity (Wildman–Crippen MR) is 86.1 cm³/mol. The number of anilines is 1. The van der Waals surface area contributed by atoms with E-state index in [0.29, 0.717) is 6.54 Å². The second-order valence-corrected chi connectivity index (χ2v) is 5.80. The maximum atomic E-state index is 10.8. The zero-order valence-corrected chi connectivity index (χ0v) is 13.3. The van der Waals surface area contributed by atoms with Crippen molar-refractivity contribution in [2.24, 2.45) is 0 Å². The Morgan fingerprint density at radius 3 is 2.76 bits per heavy atom. The number of thioether (sulfide) groups is 1. The van der Waals surface area contributed by atoms with Gasteiger partial charge in [-0.05, 0) is 36.9 Å². The Labute approximate surface area is 131 Å². The molecule has 0 saturated carbocycles. The van der Waals surface area contributed by atoms with Crippen LogP contribution in [-0.4, -0.2) is 11.2 Å². The number of halogens is 1. The minimum Gasteiger partial charge on any atom is -0.463 e. The number of aryl methyl sites for hydroxylation is 1. The van der Waals surface area contributed by atoms with Gasteiger partial charge in [-0.15, -0.1) is 0 Å². The molecule has 0 unspecified atom stereocenters. The molecule has 0 bridgehead atoms. The molecule has 0 amide bonds. The minimum absolute atomic E-state index is 0.0834. The van der Waals surface area contributed by atoms with E-state index in [-0.39, 0.29) is 10.7 Å². The summed E-state index contributed by atoms with van der Waals surface area (Å²) < 4.78 is 5.65. The van der Waals surface area contributed by atoms with Gasteiger partial charge in [-0.1, -0.05) is 11.6 Å². The number of nitro groups is 1. The monoisotopic (exact) mass is 326 g/mol. The highest BCUT2D eigenvalue weighted by Gasteiger charge is 2.15. The molecule has 0 radical (unpaired) electrons. The lowest BCUT2D eigenvalue weighted by Crippen LogP contribution is -2.01. The molecule has 0 fully saturated rings. The summed E-state index contributed by atoms with van der Waals surface area (Å²) in [6, 6.07) is 6.90. The van der Waals surface area contributed by atoms with Crippen molar-refractivity contribution in [2.45, 2.75) is 19.2 Å². The zero-order valence-electron chi connectivity index (χ0n) is 11.7. The summed E-state index contributed by atoms with van der Waals surface area (Å²) in [6.07, 6.45) is 2.02. The van der Waals surface area contributed by atoms with Crippen molar-refractivity contribution >= 4 is 34.7 Å². The van der Waals surface area contributed by atoms with Crippen molar-refractivity contribution in [2.75, 3.05) is 11.6 Å². The summed E-state index contributed by atoms with van der Waals surface area (Å²) in [7, 11) is 0. The van der Waals surface area contributed by atoms with Crippen LogP contribution in [0.2, 0.25) is 5.02 Å². The number of benzene rings is 1. The molecule has 0 saturated heterocycles. The largest absolute Gasteiger partial charge is 0.463 e. The van der Waals surface area contributed by atoms with Gasteiger partial charge in [0.1, 0.15) is 16.5 Å². The average Bonchev–Trinajstić information content (AvgIpc) is 2.87. The molecule has 1 heterocycles. The van der Waals surface area contributed by atoms with Gasteiger partial charge in [0, 0.05) is 11.8 Å². The standard InChI is InChI=1S/C14H15ClN2O3S/c1-9-5-14(17(18)19)12(15)6-13(9)16-7-10-3-4-11(20-10)8-21-2/h3-6,16H,7-8H2,1-2H3. The summed E-state index contributed by atoms with van der Waals surface area (Å²) >= 11 is 7.61.